The molecule has 220 valence electrons. The first-order chi connectivity index (χ1) is 21.4. The summed E-state index contributed by atoms with van der Waals surface area (Å²) in [6.07, 6.45) is 4.84. The number of halogens is 2. The molecule has 1 aliphatic carbocycles. The molecule has 1 saturated carbocycles. The van der Waals surface area contributed by atoms with Crippen LogP contribution in [0.1, 0.15) is 44.6 Å². The number of carbonyl (C=O) groups is 2. The third-order valence-corrected chi connectivity index (χ3v) is 6.18. The summed E-state index contributed by atoms with van der Waals surface area (Å²) in [6.45, 7) is -3.09. The highest BCUT2D eigenvalue weighted by Crippen LogP contribution is 2.40. The lowest BCUT2D eigenvalue weighted by atomic mass is 10.1. The molecule has 1 fully saturated rings. The van der Waals surface area contributed by atoms with E-state index in [2.05, 4.69) is 25.4 Å². The molecule has 1 aliphatic rings. The molecule has 0 atom stereocenters. The minimum Gasteiger partial charge on any atom is -0.494 e. The van der Waals surface area contributed by atoms with Crippen molar-refractivity contribution in [3.8, 4) is 17.1 Å². The van der Waals surface area contributed by atoms with Gasteiger partial charge in [-0.05, 0) is 48.7 Å². The number of nitrogens with one attached hydrogen (secondary N) is 2. The molecule has 1 aromatic carbocycles. The van der Waals surface area contributed by atoms with E-state index in [4.69, 9.17) is 40.8 Å². The summed E-state index contributed by atoms with van der Waals surface area (Å²) in [5, 5.41) is 16.6. The summed E-state index contributed by atoms with van der Waals surface area (Å²) >= 11 is 6.13. The van der Waals surface area contributed by atoms with Gasteiger partial charge in [0.1, 0.15) is 28.8 Å². The van der Waals surface area contributed by atoms with Crippen molar-refractivity contribution in [1.82, 2.24) is 30.0 Å². The van der Waals surface area contributed by atoms with Gasteiger partial charge in [-0.25, -0.2) is 24.0 Å². The number of hydrogen-bond donors (Lipinski definition) is 4. The van der Waals surface area contributed by atoms with Crippen molar-refractivity contribution < 1.29 is 32.7 Å². The number of hydrogen-bond acceptors (Lipinski definition) is 10. The van der Waals surface area contributed by atoms with E-state index in [0.717, 1.165) is 19.0 Å². The van der Waals surface area contributed by atoms with Gasteiger partial charge in [0.25, 0.3) is 12.4 Å². The van der Waals surface area contributed by atoms with E-state index in [0.29, 0.717) is 34.4 Å². The molecule has 5 N–H and O–H groups in total. The molecule has 0 aliphatic heterocycles. The minimum absolute atomic E-state index is 0.0222. The summed E-state index contributed by atoms with van der Waals surface area (Å²) in [5.41, 5.74) is 7.34. The lowest BCUT2D eigenvalue weighted by molar-refractivity contribution is -0.122. The van der Waals surface area contributed by atoms with Gasteiger partial charge in [-0.15, -0.1) is 0 Å². The third kappa shape index (κ3) is 7.27. The number of rotatable bonds is 10. The average molecular weight is 602 g/mol. The van der Waals surface area contributed by atoms with Crippen LogP contribution in [-0.4, -0.2) is 56.3 Å². The van der Waals surface area contributed by atoms with Crippen molar-refractivity contribution in [2.24, 2.45) is 0 Å². The number of pyridine rings is 2. The fourth-order valence-electron chi connectivity index (χ4n) is 3.96. The summed E-state index contributed by atoms with van der Waals surface area (Å²) in [4.78, 5) is 33.5. The number of anilines is 3. The quantitative estimate of drug-likeness (QED) is 0.152. The fraction of sp³-hybridized carbons (Fsp3) is 0.259. The van der Waals surface area contributed by atoms with Gasteiger partial charge in [-0.1, -0.05) is 11.6 Å². The van der Waals surface area contributed by atoms with Crippen LogP contribution in [0.4, 0.5) is 21.6 Å². The zero-order valence-electron chi connectivity index (χ0n) is 25.2. The SMILES string of the molecule is O=CO.[2H]C([2H])([2H])NC(=O)c1cnc(Cl)cc1Nc1cc(COCc2nc(N)ccc2F)cc(-c2ncn(C3CC3)n2)c1OC. The Morgan fingerprint density at radius 3 is 2.79 bits per heavy atom. The van der Waals surface area contributed by atoms with Crippen molar-refractivity contribution in [3.05, 3.63) is 70.6 Å². The van der Waals surface area contributed by atoms with Gasteiger partial charge in [0.2, 0.25) is 0 Å². The summed E-state index contributed by atoms with van der Waals surface area (Å²) in [7, 11) is 1.47. The van der Waals surface area contributed by atoms with E-state index in [1.807, 2.05) is 5.32 Å². The maximum absolute atomic E-state index is 14.2. The minimum atomic E-state index is -2.72. The Balaban J connectivity index is 0.00000148. The first kappa shape index (κ1) is 26.1. The van der Waals surface area contributed by atoms with Crippen LogP contribution in [0.25, 0.3) is 11.4 Å². The molecule has 42 heavy (non-hydrogen) atoms. The van der Waals surface area contributed by atoms with Crippen LogP contribution in [-0.2, 0) is 22.7 Å². The monoisotopic (exact) mass is 601 g/mol. The molecule has 5 rings (SSSR count). The summed E-state index contributed by atoms with van der Waals surface area (Å²) in [6, 6.07) is 7.73. The van der Waals surface area contributed by atoms with E-state index < -0.39 is 18.7 Å². The van der Waals surface area contributed by atoms with Crippen LogP contribution < -0.4 is 21.1 Å². The molecular weight excluding hydrogens is 571 g/mol. The number of ether oxygens (including phenoxy) is 2. The zero-order chi connectivity index (χ0) is 32.7. The van der Waals surface area contributed by atoms with E-state index >= 15 is 0 Å². The van der Waals surface area contributed by atoms with E-state index in [-0.39, 0.29) is 47.6 Å². The molecule has 0 spiro atoms. The van der Waals surface area contributed by atoms with Crippen molar-refractivity contribution >= 4 is 41.2 Å². The second-order valence-corrected chi connectivity index (χ2v) is 9.29. The van der Waals surface area contributed by atoms with Crippen LogP contribution in [0.5, 0.6) is 5.75 Å². The largest absolute Gasteiger partial charge is 0.494 e. The lowest BCUT2D eigenvalue weighted by Gasteiger charge is -2.18. The maximum atomic E-state index is 14.2. The first-order valence-corrected chi connectivity index (χ1v) is 12.7. The van der Waals surface area contributed by atoms with E-state index in [1.165, 1.54) is 25.3 Å². The van der Waals surface area contributed by atoms with Crippen LogP contribution in [0, 0.1) is 5.82 Å². The van der Waals surface area contributed by atoms with Gasteiger partial charge < -0.3 is 30.9 Å². The van der Waals surface area contributed by atoms with Crippen molar-refractivity contribution in [2.75, 3.05) is 25.1 Å². The fourth-order valence-corrected chi connectivity index (χ4v) is 4.12. The van der Waals surface area contributed by atoms with Gasteiger partial charge in [0.05, 0.1) is 48.9 Å². The normalized spacial score (nSPS) is 13.5. The molecule has 3 heterocycles. The van der Waals surface area contributed by atoms with Crippen LogP contribution >= 0.6 is 11.6 Å². The standard InChI is InChI=1S/C26H26ClFN8O3.CH2O2/c1-30-26(37)17-10-31-22(27)9-19(17)33-20-8-14(11-39-12-21-18(28)5-6-23(29)34-21)7-16(24(20)38-2)25-32-13-36(35-25)15-3-4-15;2-1-3/h5-10,13,15H,3-4,11-12H2,1-2H3,(H2,29,34)(H,30,37)(H,31,33);1H,(H,2,3)/i1D3;. The second kappa shape index (κ2) is 13.7. The highest BCUT2D eigenvalue weighted by Gasteiger charge is 2.26. The number of nitrogens with zero attached hydrogens (tertiary/aromatic N) is 5. The number of nitrogen functional groups attached to an aromatic ring is 1. The van der Waals surface area contributed by atoms with Crippen molar-refractivity contribution in [2.45, 2.75) is 32.1 Å². The van der Waals surface area contributed by atoms with Crippen LogP contribution in [0.15, 0.2) is 42.9 Å². The molecule has 13 nitrogen and oxygen atoms in total. The molecule has 0 bridgehead atoms. The molecule has 0 radical (unpaired) electrons. The number of carboxylic acid groups (broad SMARTS) is 1. The van der Waals surface area contributed by atoms with Crippen molar-refractivity contribution in [1.29, 1.82) is 0 Å². The molecule has 4 aromatic rings. The number of aromatic nitrogens is 5. The number of methoxy groups -OCH3 is 1. The molecule has 0 unspecified atom stereocenters. The predicted molar refractivity (Wildman–Crippen MR) is 152 cm³/mol. The second-order valence-electron chi connectivity index (χ2n) is 8.90. The van der Waals surface area contributed by atoms with Gasteiger partial charge in [0.15, 0.2) is 11.6 Å². The first-order valence-electron chi connectivity index (χ1n) is 13.9. The van der Waals surface area contributed by atoms with Gasteiger partial charge in [-0.3, -0.25) is 9.59 Å². The Kier molecular flexibility index (Phi) is 8.51. The summed E-state index contributed by atoms with van der Waals surface area (Å²) in [5.74, 6) is -0.540. The number of amides is 1. The van der Waals surface area contributed by atoms with Gasteiger partial charge in [0, 0.05) is 17.3 Å². The number of benzene rings is 1. The Bertz CT molecular complexity index is 1690. The molecule has 1 amide bonds. The smallest absolute Gasteiger partial charge is 0.290 e. The maximum Gasteiger partial charge on any atom is 0.290 e. The predicted octanol–water partition coefficient (Wildman–Crippen LogP) is 3.97. The number of carbonyl (C=O) groups excluding carboxylic acids is 1. The van der Waals surface area contributed by atoms with Crippen molar-refractivity contribution in [3.63, 3.8) is 0 Å². The van der Waals surface area contributed by atoms with Crippen LogP contribution in [0.3, 0.4) is 0 Å². The third-order valence-electron chi connectivity index (χ3n) is 5.97. The zero-order valence-corrected chi connectivity index (χ0v) is 22.9. The van der Waals surface area contributed by atoms with Gasteiger partial charge >= 0.3 is 0 Å². The topological polar surface area (TPSA) is 179 Å². The molecule has 3 aromatic heterocycles. The lowest BCUT2D eigenvalue weighted by Crippen LogP contribution is -2.19. The molecular formula is C27H28ClFN8O5. The van der Waals surface area contributed by atoms with E-state index in [9.17, 15) is 9.18 Å². The Morgan fingerprint density at radius 1 is 1.29 bits per heavy atom. The average Bonchev–Trinajstić information content (AvgIpc) is 3.70. The summed E-state index contributed by atoms with van der Waals surface area (Å²) < 4.78 is 49.7. The Hall–Kier alpha value is -4.82. The van der Waals surface area contributed by atoms with Crippen LogP contribution in [0.2, 0.25) is 5.15 Å². The number of nitrogens with two attached hydrogens (primary N) is 1. The highest BCUT2D eigenvalue weighted by molar-refractivity contribution is 6.29. The van der Waals surface area contributed by atoms with E-state index in [1.54, 1.807) is 23.1 Å². The molecule has 0 saturated heterocycles. The molecule has 15 heteroatoms. The highest BCUT2D eigenvalue weighted by atomic mass is 35.5. The Morgan fingerprint density at radius 2 is 2.07 bits per heavy atom. The Labute approximate surface area is 249 Å². The van der Waals surface area contributed by atoms with Gasteiger partial charge in [-0.2, -0.15) is 5.10 Å².